The molecule has 84 valence electrons. The van der Waals surface area contributed by atoms with Crippen LogP contribution in [0.4, 0.5) is 4.39 Å². The van der Waals surface area contributed by atoms with Crippen molar-refractivity contribution in [2.45, 2.75) is 26.3 Å². The fourth-order valence-electron chi connectivity index (χ4n) is 1.54. The molecule has 0 aliphatic heterocycles. The van der Waals surface area contributed by atoms with Crippen LogP contribution in [0.2, 0.25) is 0 Å². The average Bonchev–Trinajstić information content (AvgIpc) is 2.11. The number of rotatable bonds is 3. The summed E-state index contributed by atoms with van der Waals surface area (Å²) in [5.41, 5.74) is 6.36. The maximum absolute atomic E-state index is 13.1. The van der Waals surface area contributed by atoms with E-state index in [0.29, 0.717) is 22.4 Å². The van der Waals surface area contributed by atoms with Crippen LogP contribution in [0.1, 0.15) is 31.9 Å². The van der Waals surface area contributed by atoms with Gasteiger partial charge in [0.05, 0.1) is 0 Å². The molecule has 0 saturated carbocycles. The van der Waals surface area contributed by atoms with Crippen LogP contribution in [0, 0.1) is 11.7 Å². The van der Waals surface area contributed by atoms with E-state index in [0.717, 1.165) is 0 Å². The van der Waals surface area contributed by atoms with Crippen LogP contribution in [-0.4, -0.2) is 5.11 Å². The van der Waals surface area contributed by atoms with Crippen molar-refractivity contribution in [3.8, 4) is 5.75 Å². The van der Waals surface area contributed by atoms with Gasteiger partial charge < -0.3 is 10.8 Å². The lowest BCUT2D eigenvalue weighted by atomic mass is 9.97. The third-order valence-electron chi connectivity index (χ3n) is 2.21. The SMILES string of the molecule is CC(C)C[C@H](N)c1c(Br)ccc(F)c1O. The first kappa shape index (κ1) is 12.5. The standard InChI is InChI=1S/C11H15BrFNO/c1-6(2)5-9(14)10-7(12)3-4-8(13)11(10)15/h3-4,6,9,15H,5,14H2,1-2H3/t9-/m0/s1. The zero-order valence-electron chi connectivity index (χ0n) is 8.80. The van der Waals surface area contributed by atoms with Gasteiger partial charge in [0.15, 0.2) is 11.6 Å². The molecule has 4 heteroatoms. The highest BCUT2D eigenvalue weighted by molar-refractivity contribution is 9.10. The third-order valence-corrected chi connectivity index (χ3v) is 2.90. The molecule has 2 nitrogen and oxygen atoms in total. The first-order chi connectivity index (χ1) is 6.93. The van der Waals surface area contributed by atoms with E-state index in [1.807, 2.05) is 13.8 Å². The lowest BCUT2D eigenvalue weighted by molar-refractivity contribution is 0.410. The molecule has 0 heterocycles. The Hall–Kier alpha value is -0.610. The number of phenols is 1. The molecule has 0 unspecified atom stereocenters. The van der Waals surface area contributed by atoms with Crippen LogP contribution in [0.25, 0.3) is 0 Å². The molecule has 0 aromatic heterocycles. The van der Waals surface area contributed by atoms with Gasteiger partial charge in [-0.25, -0.2) is 4.39 Å². The summed E-state index contributed by atoms with van der Waals surface area (Å²) in [6, 6.07) is 2.42. The second-order valence-corrected chi connectivity index (χ2v) is 4.88. The lowest BCUT2D eigenvalue weighted by Crippen LogP contribution is -2.14. The molecular weight excluding hydrogens is 261 g/mol. The number of nitrogens with two attached hydrogens (primary N) is 1. The quantitative estimate of drug-likeness (QED) is 0.889. The van der Waals surface area contributed by atoms with Gasteiger partial charge >= 0.3 is 0 Å². The Kier molecular flexibility index (Phi) is 4.11. The maximum Gasteiger partial charge on any atom is 0.165 e. The summed E-state index contributed by atoms with van der Waals surface area (Å²) in [6.45, 7) is 4.06. The summed E-state index contributed by atoms with van der Waals surface area (Å²) in [7, 11) is 0. The largest absolute Gasteiger partial charge is 0.505 e. The Morgan fingerprint density at radius 1 is 1.47 bits per heavy atom. The number of benzene rings is 1. The van der Waals surface area contributed by atoms with Gasteiger partial charge in [0.25, 0.3) is 0 Å². The lowest BCUT2D eigenvalue weighted by Gasteiger charge is -2.17. The van der Waals surface area contributed by atoms with Gasteiger partial charge in [-0.15, -0.1) is 0 Å². The van der Waals surface area contributed by atoms with E-state index in [9.17, 15) is 9.50 Å². The fraction of sp³-hybridized carbons (Fsp3) is 0.455. The van der Waals surface area contributed by atoms with E-state index >= 15 is 0 Å². The topological polar surface area (TPSA) is 46.2 Å². The molecule has 0 aliphatic rings. The van der Waals surface area contributed by atoms with Crippen molar-refractivity contribution in [2.24, 2.45) is 11.7 Å². The molecule has 1 rings (SSSR count). The van der Waals surface area contributed by atoms with Crippen molar-refractivity contribution in [1.82, 2.24) is 0 Å². The smallest absolute Gasteiger partial charge is 0.165 e. The van der Waals surface area contributed by atoms with Gasteiger partial charge in [0, 0.05) is 16.1 Å². The van der Waals surface area contributed by atoms with E-state index in [1.54, 1.807) is 6.07 Å². The Morgan fingerprint density at radius 3 is 2.60 bits per heavy atom. The monoisotopic (exact) mass is 275 g/mol. The summed E-state index contributed by atoms with van der Waals surface area (Å²) >= 11 is 3.27. The van der Waals surface area contributed by atoms with E-state index in [2.05, 4.69) is 15.9 Å². The summed E-state index contributed by atoms with van der Waals surface area (Å²) in [6.07, 6.45) is 0.704. The molecule has 0 amide bonds. The van der Waals surface area contributed by atoms with Crippen molar-refractivity contribution in [3.05, 3.63) is 28.0 Å². The van der Waals surface area contributed by atoms with E-state index in [1.165, 1.54) is 6.07 Å². The molecule has 1 atom stereocenters. The molecule has 0 spiro atoms. The van der Waals surface area contributed by atoms with Gasteiger partial charge in [-0.05, 0) is 24.5 Å². The molecule has 0 saturated heterocycles. The van der Waals surface area contributed by atoms with Crippen molar-refractivity contribution in [1.29, 1.82) is 0 Å². The average molecular weight is 276 g/mol. The van der Waals surface area contributed by atoms with Crippen LogP contribution in [0.15, 0.2) is 16.6 Å². The van der Waals surface area contributed by atoms with Crippen LogP contribution in [0.3, 0.4) is 0 Å². The van der Waals surface area contributed by atoms with Crippen molar-refractivity contribution in [3.63, 3.8) is 0 Å². The second kappa shape index (κ2) is 4.94. The van der Waals surface area contributed by atoms with Crippen molar-refractivity contribution >= 4 is 15.9 Å². The molecule has 0 aliphatic carbocycles. The second-order valence-electron chi connectivity index (χ2n) is 4.03. The Balaban J connectivity index is 3.07. The first-order valence-electron chi connectivity index (χ1n) is 4.86. The molecule has 0 bridgehead atoms. The van der Waals surface area contributed by atoms with Gasteiger partial charge in [0.1, 0.15) is 0 Å². The van der Waals surface area contributed by atoms with Gasteiger partial charge in [0.2, 0.25) is 0 Å². The van der Waals surface area contributed by atoms with Crippen LogP contribution < -0.4 is 5.73 Å². The predicted octanol–water partition coefficient (Wildman–Crippen LogP) is 3.34. The van der Waals surface area contributed by atoms with Gasteiger partial charge in [-0.1, -0.05) is 29.8 Å². The van der Waals surface area contributed by atoms with Crippen LogP contribution in [0.5, 0.6) is 5.75 Å². The molecule has 0 radical (unpaired) electrons. The van der Waals surface area contributed by atoms with Crippen LogP contribution in [-0.2, 0) is 0 Å². The number of halogens is 2. The molecule has 1 aromatic rings. The zero-order chi connectivity index (χ0) is 11.6. The van der Waals surface area contributed by atoms with Crippen molar-refractivity contribution in [2.75, 3.05) is 0 Å². The normalized spacial score (nSPS) is 13.2. The highest BCUT2D eigenvalue weighted by Gasteiger charge is 2.18. The Bertz CT molecular complexity index is 355. The number of hydrogen-bond donors (Lipinski definition) is 2. The van der Waals surface area contributed by atoms with Gasteiger partial charge in [-0.2, -0.15) is 0 Å². The highest BCUT2D eigenvalue weighted by atomic mass is 79.9. The zero-order valence-corrected chi connectivity index (χ0v) is 10.4. The van der Waals surface area contributed by atoms with Gasteiger partial charge in [-0.3, -0.25) is 0 Å². The summed E-state index contributed by atoms with van der Waals surface area (Å²) in [5.74, 6) is -0.584. The maximum atomic E-state index is 13.1. The number of aromatic hydroxyl groups is 1. The minimum absolute atomic E-state index is 0.350. The highest BCUT2D eigenvalue weighted by Crippen LogP contribution is 2.35. The summed E-state index contributed by atoms with van der Waals surface area (Å²) in [5, 5.41) is 9.58. The van der Waals surface area contributed by atoms with E-state index in [4.69, 9.17) is 5.73 Å². The predicted molar refractivity (Wildman–Crippen MR) is 62.1 cm³/mol. The first-order valence-corrected chi connectivity index (χ1v) is 5.65. The molecular formula is C11H15BrFNO. The summed E-state index contributed by atoms with van der Waals surface area (Å²) in [4.78, 5) is 0. The summed E-state index contributed by atoms with van der Waals surface area (Å²) < 4.78 is 13.8. The molecule has 1 aromatic carbocycles. The minimum atomic E-state index is -0.632. The Labute approximate surface area is 97.4 Å². The number of hydrogen-bond acceptors (Lipinski definition) is 2. The van der Waals surface area contributed by atoms with Crippen molar-refractivity contribution < 1.29 is 9.50 Å². The minimum Gasteiger partial charge on any atom is -0.505 e. The fourth-order valence-corrected chi connectivity index (χ4v) is 2.15. The number of phenolic OH excluding ortho intramolecular Hbond substituents is 1. The van der Waals surface area contributed by atoms with E-state index in [-0.39, 0.29) is 11.8 Å². The van der Waals surface area contributed by atoms with Crippen LogP contribution >= 0.6 is 15.9 Å². The molecule has 15 heavy (non-hydrogen) atoms. The molecule has 0 fully saturated rings. The Morgan fingerprint density at radius 2 is 2.07 bits per heavy atom. The van der Waals surface area contributed by atoms with E-state index < -0.39 is 5.82 Å². The molecule has 3 N–H and O–H groups in total. The third kappa shape index (κ3) is 2.92.